The number of ether oxygens (including phenoxy) is 1. The number of halogens is 2. The largest absolute Gasteiger partial charge is 0.378 e. The molecular weight excluding hydrogens is 238 g/mol. The summed E-state index contributed by atoms with van der Waals surface area (Å²) in [5, 5.41) is 0. The van der Waals surface area contributed by atoms with Crippen LogP contribution < -0.4 is 11.3 Å². The lowest BCUT2D eigenvalue weighted by Gasteiger charge is -2.26. The molecule has 100 valence electrons. The van der Waals surface area contributed by atoms with Gasteiger partial charge in [0.15, 0.2) is 11.6 Å². The van der Waals surface area contributed by atoms with E-state index in [1.807, 2.05) is 0 Å². The molecule has 1 aromatic rings. The summed E-state index contributed by atoms with van der Waals surface area (Å²) in [5.74, 6) is 3.79. The van der Waals surface area contributed by atoms with Gasteiger partial charge in [-0.1, -0.05) is 6.07 Å². The van der Waals surface area contributed by atoms with Crippen LogP contribution in [0.2, 0.25) is 0 Å². The van der Waals surface area contributed by atoms with E-state index in [0.29, 0.717) is 12.0 Å². The van der Waals surface area contributed by atoms with Crippen molar-refractivity contribution < 1.29 is 13.5 Å². The van der Waals surface area contributed by atoms with Gasteiger partial charge >= 0.3 is 0 Å². The average molecular weight is 256 g/mol. The second-order valence-electron chi connectivity index (χ2n) is 4.62. The SMILES string of the molecule is NNC(CC1CCCCO1)c1ccc(F)c(F)c1. The first-order chi connectivity index (χ1) is 8.70. The fourth-order valence-electron chi connectivity index (χ4n) is 2.29. The third-order valence-corrected chi connectivity index (χ3v) is 3.32. The highest BCUT2D eigenvalue weighted by Gasteiger charge is 2.20. The van der Waals surface area contributed by atoms with Crippen LogP contribution in [-0.2, 0) is 4.74 Å². The van der Waals surface area contributed by atoms with Crippen LogP contribution in [0, 0.1) is 11.6 Å². The summed E-state index contributed by atoms with van der Waals surface area (Å²) in [6.07, 6.45) is 4.01. The Hall–Kier alpha value is -1.04. The lowest BCUT2D eigenvalue weighted by molar-refractivity contribution is 0.00500. The van der Waals surface area contributed by atoms with Crippen LogP contribution in [0.15, 0.2) is 18.2 Å². The first-order valence-electron chi connectivity index (χ1n) is 6.23. The van der Waals surface area contributed by atoms with Gasteiger partial charge in [-0.15, -0.1) is 0 Å². The van der Waals surface area contributed by atoms with Crippen molar-refractivity contribution in [2.24, 2.45) is 5.84 Å². The Morgan fingerprint density at radius 1 is 1.33 bits per heavy atom. The molecule has 3 N–H and O–H groups in total. The van der Waals surface area contributed by atoms with Gasteiger partial charge in [-0.25, -0.2) is 8.78 Å². The molecule has 0 saturated carbocycles. The van der Waals surface area contributed by atoms with Gasteiger partial charge in [0.2, 0.25) is 0 Å². The van der Waals surface area contributed by atoms with Crippen molar-refractivity contribution in [3.63, 3.8) is 0 Å². The fraction of sp³-hybridized carbons (Fsp3) is 0.538. The predicted octanol–water partition coefficient (Wildman–Crippen LogP) is 2.43. The zero-order valence-corrected chi connectivity index (χ0v) is 10.2. The summed E-state index contributed by atoms with van der Waals surface area (Å²) in [6, 6.07) is 3.63. The van der Waals surface area contributed by atoms with Crippen molar-refractivity contribution in [2.45, 2.75) is 37.8 Å². The quantitative estimate of drug-likeness (QED) is 0.642. The molecule has 0 aromatic heterocycles. The Morgan fingerprint density at radius 3 is 2.78 bits per heavy atom. The Balaban J connectivity index is 2.04. The van der Waals surface area contributed by atoms with E-state index in [1.54, 1.807) is 6.07 Å². The Morgan fingerprint density at radius 2 is 2.17 bits per heavy atom. The van der Waals surface area contributed by atoms with Gasteiger partial charge in [0.25, 0.3) is 0 Å². The molecule has 1 fully saturated rings. The number of nitrogens with one attached hydrogen (secondary N) is 1. The molecule has 0 aliphatic carbocycles. The summed E-state index contributed by atoms with van der Waals surface area (Å²) in [6.45, 7) is 0.764. The van der Waals surface area contributed by atoms with Crippen molar-refractivity contribution in [1.29, 1.82) is 0 Å². The van der Waals surface area contributed by atoms with E-state index in [9.17, 15) is 8.78 Å². The van der Waals surface area contributed by atoms with Gasteiger partial charge in [0.1, 0.15) is 0 Å². The molecule has 0 spiro atoms. The van der Waals surface area contributed by atoms with Crippen LogP contribution in [0.1, 0.15) is 37.3 Å². The van der Waals surface area contributed by atoms with Crippen LogP contribution >= 0.6 is 0 Å². The Kier molecular flexibility index (Phi) is 4.63. The van der Waals surface area contributed by atoms with Crippen LogP contribution in [0.3, 0.4) is 0 Å². The molecule has 1 saturated heterocycles. The molecule has 18 heavy (non-hydrogen) atoms. The molecule has 2 atom stereocenters. The molecule has 0 amide bonds. The summed E-state index contributed by atoms with van der Waals surface area (Å²) in [7, 11) is 0. The van der Waals surface area contributed by atoms with Crippen LogP contribution in [-0.4, -0.2) is 12.7 Å². The molecule has 1 aliphatic heterocycles. The molecule has 1 aliphatic rings. The highest BCUT2D eigenvalue weighted by Crippen LogP contribution is 2.25. The molecule has 5 heteroatoms. The van der Waals surface area contributed by atoms with Gasteiger partial charge in [-0.2, -0.15) is 0 Å². The predicted molar refractivity (Wildman–Crippen MR) is 64.6 cm³/mol. The fourth-order valence-corrected chi connectivity index (χ4v) is 2.29. The van der Waals surface area contributed by atoms with Crippen molar-refractivity contribution in [3.8, 4) is 0 Å². The van der Waals surface area contributed by atoms with Crippen molar-refractivity contribution in [1.82, 2.24) is 5.43 Å². The minimum atomic E-state index is -0.850. The summed E-state index contributed by atoms with van der Waals surface area (Å²) in [4.78, 5) is 0. The second kappa shape index (κ2) is 6.22. The standard InChI is InChI=1S/C13H18F2N2O/c14-11-5-4-9(7-12(11)15)13(17-16)8-10-3-1-2-6-18-10/h4-5,7,10,13,17H,1-3,6,8,16H2. The first-order valence-corrected chi connectivity index (χ1v) is 6.23. The average Bonchev–Trinajstić information content (AvgIpc) is 2.40. The topological polar surface area (TPSA) is 47.3 Å². The van der Waals surface area contributed by atoms with Gasteiger partial charge < -0.3 is 4.74 Å². The molecule has 3 nitrogen and oxygen atoms in total. The van der Waals surface area contributed by atoms with E-state index in [-0.39, 0.29) is 12.1 Å². The first kappa shape index (κ1) is 13.4. The maximum atomic E-state index is 13.2. The number of rotatable bonds is 4. The lowest BCUT2D eigenvalue weighted by atomic mass is 9.97. The van der Waals surface area contributed by atoms with E-state index in [0.717, 1.165) is 31.9 Å². The van der Waals surface area contributed by atoms with Crippen LogP contribution in [0.4, 0.5) is 8.78 Å². The summed E-state index contributed by atoms with van der Waals surface area (Å²) < 4.78 is 31.7. The van der Waals surface area contributed by atoms with E-state index >= 15 is 0 Å². The third-order valence-electron chi connectivity index (χ3n) is 3.32. The maximum Gasteiger partial charge on any atom is 0.159 e. The van der Waals surface area contributed by atoms with Crippen molar-refractivity contribution in [3.05, 3.63) is 35.4 Å². The number of hydrazine groups is 1. The van der Waals surface area contributed by atoms with E-state index in [1.165, 1.54) is 6.07 Å². The Bertz CT molecular complexity index is 395. The Labute approximate surface area is 105 Å². The minimum Gasteiger partial charge on any atom is -0.378 e. The molecule has 2 unspecified atom stereocenters. The maximum absolute atomic E-state index is 13.2. The van der Waals surface area contributed by atoms with Crippen molar-refractivity contribution in [2.75, 3.05) is 6.61 Å². The monoisotopic (exact) mass is 256 g/mol. The van der Waals surface area contributed by atoms with Gasteiger partial charge in [-0.3, -0.25) is 11.3 Å². The minimum absolute atomic E-state index is 0.132. The number of hydrogen-bond donors (Lipinski definition) is 2. The van der Waals surface area contributed by atoms with Gasteiger partial charge in [0, 0.05) is 12.6 Å². The van der Waals surface area contributed by atoms with E-state index < -0.39 is 11.6 Å². The van der Waals surface area contributed by atoms with Gasteiger partial charge in [-0.05, 0) is 43.4 Å². The number of nitrogens with two attached hydrogens (primary N) is 1. The van der Waals surface area contributed by atoms with E-state index in [4.69, 9.17) is 10.6 Å². The summed E-state index contributed by atoms with van der Waals surface area (Å²) >= 11 is 0. The van der Waals surface area contributed by atoms with Crippen molar-refractivity contribution >= 4 is 0 Å². The highest BCUT2D eigenvalue weighted by molar-refractivity contribution is 5.21. The van der Waals surface area contributed by atoms with Crippen LogP contribution in [0.5, 0.6) is 0 Å². The number of hydrogen-bond acceptors (Lipinski definition) is 3. The lowest BCUT2D eigenvalue weighted by Crippen LogP contribution is -2.33. The van der Waals surface area contributed by atoms with Crippen LogP contribution in [0.25, 0.3) is 0 Å². The molecular formula is C13H18F2N2O. The molecule has 0 radical (unpaired) electrons. The molecule has 1 heterocycles. The second-order valence-corrected chi connectivity index (χ2v) is 4.62. The van der Waals surface area contributed by atoms with E-state index in [2.05, 4.69) is 5.43 Å². The zero-order chi connectivity index (χ0) is 13.0. The number of benzene rings is 1. The van der Waals surface area contributed by atoms with Gasteiger partial charge in [0.05, 0.1) is 6.10 Å². The summed E-state index contributed by atoms with van der Waals surface area (Å²) in [5.41, 5.74) is 3.29. The smallest absolute Gasteiger partial charge is 0.159 e. The third kappa shape index (κ3) is 3.25. The molecule has 2 rings (SSSR count). The highest BCUT2D eigenvalue weighted by atomic mass is 19.2. The zero-order valence-electron chi connectivity index (χ0n) is 10.2. The molecule has 0 bridgehead atoms. The normalized spacial score (nSPS) is 21.8. The molecule has 1 aromatic carbocycles.